The number of nitrogens with one attached hydrogen (secondary N) is 1. The van der Waals surface area contributed by atoms with E-state index in [4.69, 9.17) is 0 Å². The molecule has 6 nitrogen and oxygen atoms in total. The number of carbonyl (C=O) groups is 1. The Bertz CT molecular complexity index is 911. The van der Waals surface area contributed by atoms with Gasteiger partial charge in [0.15, 0.2) is 0 Å². The smallest absolute Gasteiger partial charge is 0.345 e. The zero-order valence-corrected chi connectivity index (χ0v) is 15.6. The zero-order chi connectivity index (χ0) is 19.0. The summed E-state index contributed by atoms with van der Waals surface area (Å²) in [6, 6.07) is 6.75. The van der Waals surface area contributed by atoms with Crippen molar-refractivity contribution in [1.29, 1.82) is 0 Å². The highest BCUT2D eigenvalue weighted by molar-refractivity contribution is 5.78. The van der Waals surface area contributed by atoms with Crippen molar-refractivity contribution < 1.29 is 9.18 Å². The van der Waals surface area contributed by atoms with Crippen LogP contribution in [0.4, 0.5) is 4.39 Å². The van der Waals surface area contributed by atoms with Crippen molar-refractivity contribution in [2.24, 2.45) is 13.0 Å². The summed E-state index contributed by atoms with van der Waals surface area (Å²) in [5.74, 6) is 0.254. The van der Waals surface area contributed by atoms with Crippen LogP contribution >= 0.6 is 0 Å². The van der Waals surface area contributed by atoms with E-state index >= 15 is 0 Å². The molecule has 2 aliphatic rings. The van der Waals surface area contributed by atoms with Gasteiger partial charge >= 0.3 is 5.69 Å². The molecule has 0 bridgehead atoms. The van der Waals surface area contributed by atoms with E-state index in [1.54, 1.807) is 23.7 Å². The highest BCUT2D eigenvalue weighted by Gasteiger charge is 2.37. The summed E-state index contributed by atoms with van der Waals surface area (Å²) in [5.41, 5.74) is 0.604. The molecule has 4 rings (SSSR count). The Morgan fingerprint density at radius 1 is 1.37 bits per heavy atom. The van der Waals surface area contributed by atoms with Gasteiger partial charge in [0.05, 0.1) is 5.92 Å². The summed E-state index contributed by atoms with van der Waals surface area (Å²) in [5, 5.41) is 7.32. The van der Waals surface area contributed by atoms with Crippen molar-refractivity contribution in [2.75, 3.05) is 6.54 Å². The number of hydrogen-bond acceptors (Lipinski definition) is 3. The minimum atomic E-state index is -0.235. The SMILES string of the molecule is Cn1nc2n(c1=O)C[C@H](C(=O)NCC1(c3cccc(F)c3)CCCC1)CC2. The Balaban J connectivity index is 1.46. The van der Waals surface area contributed by atoms with Crippen molar-refractivity contribution in [1.82, 2.24) is 19.7 Å². The van der Waals surface area contributed by atoms with E-state index in [9.17, 15) is 14.0 Å². The fraction of sp³-hybridized carbons (Fsp3) is 0.550. The molecular formula is C20H25FN4O2. The molecule has 144 valence electrons. The molecule has 1 N–H and O–H groups in total. The maximum Gasteiger partial charge on any atom is 0.345 e. The van der Waals surface area contributed by atoms with E-state index in [0.717, 1.165) is 37.1 Å². The van der Waals surface area contributed by atoms with Gasteiger partial charge in [-0.2, -0.15) is 5.10 Å². The van der Waals surface area contributed by atoms with E-state index in [2.05, 4.69) is 10.4 Å². The molecule has 1 saturated carbocycles. The van der Waals surface area contributed by atoms with Gasteiger partial charge < -0.3 is 5.32 Å². The molecule has 1 fully saturated rings. The van der Waals surface area contributed by atoms with E-state index in [1.807, 2.05) is 6.07 Å². The highest BCUT2D eigenvalue weighted by atomic mass is 19.1. The van der Waals surface area contributed by atoms with Crippen molar-refractivity contribution in [3.8, 4) is 0 Å². The topological polar surface area (TPSA) is 68.9 Å². The van der Waals surface area contributed by atoms with Crippen LogP contribution in [0.5, 0.6) is 0 Å². The number of aryl methyl sites for hydroxylation is 2. The molecule has 0 spiro atoms. The Hall–Kier alpha value is -2.44. The standard InChI is InChI=1S/C20H25FN4O2/c1-24-19(27)25-12-14(7-8-17(25)23-24)18(26)22-13-20(9-2-3-10-20)15-5-4-6-16(21)11-15/h4-6,11,14H,2-3,7-10,12-13H2,1H3,(H,22,26)/t14-/m1/s1. The van der Waals surface area contributed by atoms with Crippen molar-refractivity contribution in [3.05, 3.63) is 52.0 Å². The number of rotatable bonds is 4. The monoisotopic (exact) mass is 372 g/mol. The van der Waals surface area contributed by atoms with E-state index in [0.29, 0.717) is 25.9 Å². The quantitative estimate of drug-likeness (QED) is 0.891. The van der Waals surface area contributed by atoms with Gasteiger partial charge in [-0.05, 0) is 37.0 Å². The molecule has 7 heteroatoms. The minimum absolute atomic E-state index is 0.0286. The van der Waals surface area contributed by atoms with Crippen molar-refractivity contribution in [3.63, 3.8) is 0 Å². The van der Waals surface area contributed by atoms with Crippen LogP contribution in [-0.4, -0.2) is 26.8 Å². The molecule has 27 heavy (non-hydrogen) atoms. The second kappa shape index (κ2) is 6.94. The normalized spacial score (nSPS) is 21.0. The van der Waals surface area contributed by atoms with Gasteiger partial charge in [-0.25, -0.2) is 13.9 Å². The Morgan fingerprint density at radius 3 is 2.89 bits per heavy atom. The van der Waals surface area contributed by atoms with Gasteiger partial charge in [0.25, 0.3) is 0 Å². The lowest BCUT2D eigenvalue weighted by Gasteiger charge is -2.31. The number of benzene rings is 1. The van der Waals surface area contributed by atoms with Crippen LogP contribution in [0.3, 0.4) is 0 Å². The Kier molecular flexibility index (Phi) is 4.61. The first-order valence-corrected chi connectivity index (χ1v) is 9.65. The molecule has 1 aliphatic heterocycles. The fourth-order valence-electron chi connectivity index (χ4n) is 4.59. The number of carbonyl (C=O) groups excluding carboxylic acids is 1. The molecule has 1 aliphatic carbocycles. The number of hydrogen-bond donors (Lipinski definition) is 1. The van der Waals surface area contributed by atoms with Crippen LogP contribution in [0.25, 0.3) is 0 Å². The Labute approximate surface area is 157 Å². The fourth-order valence-corrected chi connectivity index (χ4v) is 4.59. The number of halogens is 1. The van der Waals surface area contributed by atoms with E-state index in [-0.39, 0.29) is 28.7 Å². The van der Waals surface area contributed by atoms with Gasteiger partial charge in [-0.15, -0.1) is 0 Å². The second-order valence-corrected chi connectivity index (χ2v) is 7.88. The minimum Gasteiger partial charge on any atom is -0.355 e. The zero-order valence-electron chi connectivity index (χ0n) is 15.6. The largest absolute Gasteiger partial charge is 0.355 e. The molecule has 1 amide bonds. The first-order chi connectivity index (χ1) is 13.0. The van der Waals surface area contributed by atoms with E-state index in [1.165, 1.54) is 10.7 Å². The second-order valence-electron chi connectivity index (χ2n) is 7.88. The van der Waals surface area contributed by atoms with Gasteiger partial charge in [0, 0.05) is 32.0 Å². The summed E-state index contributed by atoms with van der Waals surface area (Å²) in [6.45, 7) is 0.890. The van der Waals surface area contributed by atoms with Gasteiger partial charge in [0.2, 0.25) is 5.91 Å². The lowest BCUT2D eigenvalue weighted by Crippen LogP contribution is -2.44. The van der Waals surface area contributed by atoms with Crippen LogP contribution in [-0.2, 0) is 30.2 Å². The third kappa shape index (κ3) is 3.31. The summed E-state index contributed by atoms with van der Waals surface area (Å²) < 4.78 is 16.7. The third-order valence-corrected chi connectivity index (χ3v) is 6.17. The number of aromatic nitrogens is 3. The maximum absolute atomic E-state index is 13.7. The Morgan fingerprint density at radius 2 is 2.15 bits per heavy atom. The summed E-state index contributed by atoms with van der Waals surface area (Å²) in [7, 11) is 1.63. The molecule has 1 aromatic heterocycles. The van der Waals surface area contributed by atoms with Crippen LogP contribution in [0.2, 0.25) is 0 Å². The van der Waals surface area contributed by atoms with Crippen LogP contribution < -0.4 is 11.0 Å². The van der Waals surface area contributed by atoms with Gasteiger partial charge in [0.1, 0.15) is 11.6 Å². The molecule has 1 aromatic carbocycles. The van der Waals surface area contributed by atoms with Crippen molar-refractivity contribution in [2.45, 2.75) is 50.5 Å². The van der Waals surface area contributed by atoms with Crippen LogP contribution in [0.15, 0.2) is 29.1 Å². The number of fused-ring (bicyclic) bond motifs is 1. The lowest BCUT2D eigenvalue weighted by atomic mass is 9.78. The van der Waals surface area contributed by atoms with Gasteiger partial charge in [-0.3, -0.25) is 9.36 Å². The first kappa shape index (κ1) is 17.9. The molecule has 1 atom stereocenters. The summed E-state index contributed by atoms with van der Waals surface area (Å²) >= 11 is 0. The third-order valence-electron chi connectivity index (χ3n) is 6.17. The average molecular weight is 372 g/mol. The molecular weight excluding hydrogens is 347 g/mol. The van der Waals surface area contributed by atoms with Crippen LogP contribution in [0.1, 0.15) is 43.5 Å². The highest BCUT2D eigenvalue weighted by Crippen LogP contribution is 2.40. The van der Waals surface area contributed by atoms with E-state index < -0.39 is 0 Å². The van der Waals surface area contributed by atoms with Gasteiger partial charge in [-0.1, -0.05) is 25.0 Å². The maximum atomic E-state index is 13.7. The number of amides is 1. The molecule has 2 heterocycles. The average Bonchev–Trinajstić information content (AvgIpc) is 3.26. The number of nitrogens with zero attached hydrogens (tertiary/aromatic N) is 3. The van der Waals surface area contributed by atoms with Crippen molar-refractivity contribution >= 4 is 5.91 Å². The molecule has 0 saturated heterocycles. The predicted octanol–water partition coefficient (Wildman–Crippen LogP) is 1.91. The summed E-state index contributed by atoms with van der Waals surface area (Å²) in [6.07, 6.45) is 5.40. The predicted molar refractivity (Wildman–Crippen MR) is 98.8 cm³/mol. The first-order valence-electron chi connectivity index (χ1n) is 9.65. The lowest BCUT2D eigenvalue weighted by molar-refractivity contribution is -0.126. The van der Waals surface area contributed by atoms with Crippen LogP contribution in [0, 0.1) is 11.7 Å². The summed E-state index contributed by atoms with van der Waals surface area (Å²) in [4.78, 5) is 24.9. The molecule has 0 radical (unpaired) electrons. The molecule has 0 unspecified atom stereocenters. The molecule has 2 aromatic rings.